The Balaban J connectivity index is 3.79. The molecule has 0 aliphatic rings. The predicted molar refractivity (Wildman–Crippen MR) is 44.6 cm³/mol. The first-order chi connectivity index (χ1) is 5.99. The number of ether oxygens (including phenoxy) is 1. The third-order valence-electron chi connectivity index (χ3n) is 1.74. The first-order valence-electron chi connectivity index (χ1n) is 4.20. The van der Waals surface area contributed by atoms with Gasteiger partial charge in [-0.25, -0.2) is 0 Å². The van der Waals surface area contributed by atoms with E-state index in [1.165, 1.54) is 7.11 Å². The van der Waals surface area contributed by atoms with Crippen LogP contribution in [-0.4, -0.2) is 33.5 Å². The van der Waals surface area contributed by atoms with E-state index < -0.39 is 12.6 Å². The minimum absolute atomic E-state index is 0.377. The maximum absolute atomic E-state index is 12.0. The predicted octanol–water partition coefficient (Wildman–Crippen LogP) is 1.81. The highest BCUT2D eigenvalue weighted by Crippen LogP contribution is 2.26. The zero-order valence-corrected chi connectivity index (χ0v) is 7.95. The van der Waals surface area contributed by atoms with Gasteiger partial charge in [-0.1, -0.05) is 0 Å². The van der Waals surface area contributed by atoms with Gasteiger partial charge in [0.25, 0.3) is 0 Å². The fraction of sp³-hybridized carbons (Fsp3) is 1.00. The molecule has 0 saturated carbocycles. The third-order valence-corrected chi connectivity index (χ3v) is 1.74. The van der Waals surface area contributed by atoms with Gasteiger partial charge in [0, 0.05) is 20.1 Å². The molecule has 80 valence electrons. The summed E-state index contributed by atoms with van der Waals surface area (Å²) in [5.74, 6) is -0.384. The van der Waals surface area contributed by atoms with Crippen molar-refractivity contribution >= 4 is 0 Å². The first kappa shape index (κ1) is 12.7. The Bertz CT molecular complexity index is 127. The van der Waals surface area contributed by atoms with Crippen LogP contribution in [-0.2, 0) is 4.74 Å². The molecule has 0 aromatic heterocycles. The molecule has 0 bridgehead atoms. The van der Waals surface area contributed by atoms with Gasteiger partial charge in [0.05, 0.1) is 0 Å². The number of nitrogens with one attached hydrogen (secondary N) is 1. The monoisotopic (exact) mass is 199 g/mol. The lowest BCUT2D eigenvalue weighted by Gasteiger charge is -2.17. The normalized spacial score (nSPS) is 14.5. The number of hydrogen-bond acceptors (Lipinski definition) is 2. The fourth-order valence-corrected chi connectivity index (χ4v) is 1.18. The molecule has 13 heavy (non-hydrogen) atoms. The van der Waals surface area contributed by atoms with Crippen molar-refractivity contribution in [2.45, 2.75) is 19.0 Å². The summed E-state index contributed by atoms with van der Waals surface area (Å²) in [6.45, 7) is 0.755. The largest absolute Gasteiger partial charge is 0.389 e. The SMILES string of the molecule is CNC[C@@H](CCOC)CC(F)(F)F. The van der Waals surface area contributed by atoms with E-state index in [4.69, 9.17) is 4.74 Å². The molecule has 0 aliphatic heterocycles. The van der Waals surface area contributed by atoms with Crippen LogP contribution in [0.4, 0.5) is 13.2 Å². The number of hydrogen-bond donors (Lipinski definition) is 1. The molecular formula is C8H16F3NO. The Labute approximate surface area is 76.5 Å². The molecule has 0 spiro atoms. The van der Waals surface area contributed by atoms with Crippen molar-refractivity contribution in [3.8, 4) is 0 Å². The van der Waals surface area contributed by atoms with Crippen LogP contribution in [0.2, 0.25) is 0 Å². The van der Waals surface area contributed by atoms with Crippen LogP contribution in [0.3, 0.4) is 0 Å². The quantitative estimate of drug-likeness (QED) is 0.704. The van der Waals surface area contributed by atoms with Gasteiger partial charge in [-0.05, 0) is 25.9 Å². The Hall–Kier alpha value is -0.290. The molecule has 0 heterocycles. The summed E-state index contributed by atoms with van der Waals surface area (Å²) in [6.07, 6.45) is -4.37. The summed E-state index contributed by atoms with van der Waals surface area (Å²) >= 11 is 0. The van der Waals surface area contributed by atoms with Crippen molar-refractivity contribution in [2.24, 2.45) is 5.92 Å². The average molecular weight is 199 g/mol. The van der Waals surface area contributed by atoms with Crippen LogP contribution < -0.4 is 5.32 Å². The highest BCUT2D eigenvalue weighted by atomic mass is 19.4. The molecule has 0 rings (SSSR count). The van der Waals surface area contributed by atoms with Crippen molar-refractivity contribution in [1.82, 2.24) is 5.32 Å². The van der Waals surface area contributed by atoms with E-state index >= 15 is 0 Å². The van der Waals surface area contributed by atoms with Gasteiger partial charge in [0.15, 0.2) is 0 Å². The van der Waals surface area contributed by atoms with Crippen molar-refractivity contribution in [2.75, 3.05) is 27.3 Å². The fourth-order valence-electron chi connectivity index (χ4n) is 1.18. The van der Waals surface area contributed by atoms with Gasteiger partial charge in [0.2, 0.25) is 0 Å². The highest BCUT2D eigenvalue weighted by Gasteiger charge is 2.31. The van der Waals surface area contributed by atoms with E-state index in [9.17, 15) is 13.2 Å². The lowest BCUT2D eigenvalue weighted by atomic mass is 10.0. The second-order valence-corrected chi connectivity index (χ2v) is 3.02. The lowest BCUT2D eigenvalue weighted by molar-refractivity contribution is -0.145. The lowest BCUT2D eigenvalue weighted by Crippen LogP contribution is -2.25. The van der Waals surface area contributed by atoms with Gasteiger partial charge < -0.3 is 10.1 Å². The highest BCUT2D eigenvalue weighted by molar-refractivity contribution is 4.65. The summed E-state index contributed by atoms with van der Waals surface area (Å²) in [5, 5.41) is 2.74. The standard InChI is InChI=1S/C8H16F3NO/c1-12-6-7(3-4-13-2)5-8(9,10)11/h7,12H,3-6H2,1-2H3/t7-/m0/s1. The van der Waals surface area contributed by atoms with Crippen molar-refractivity contribution in [3.63, 3.8) is 0 Å². The molecule has 1 N–H and O–H groups in total. The minimum Gasteiger partial charge on any atom is -0.385 e. The topological polar surface area (TPSA) is 21.3 Å². The zero-order chi connectivity index (χ0) is 10.3. The van der Waals surface area contributed by atoms with E-state index in [1.807, 2.05) is 0 Å². The molecule has 0 aromatic carbocycles. The Morgan fingerprint density at radius 2 is 2.00 bits per heavy atom. The first-order valence-corrected chi connectivity index (χ1v) is 4.20. The maximum Gasteiger partial charge on any atom is 0.389 e. The second-order valence-electron chi connectivity index (χ2n) is 3.02. The van der Waals surface area contributed by atoms with Crippen molar-refractivity contribution < 1.29 is 17.9 Å². The summed E-state index contributed by atoms with van der Waals surface area (Å²) in [7, 11) is 3.14. The molecule has 0 aliphatic carbocycles. The Morgan fingerprint density at radius 3 is 2.38 bits per heavy atom. The molecule has 2 nitrogen and oxygen atoms in total. The van der Waals surface area contributed by atoms with Crippen molar-refractivity contribution in [1.29, 1.82) is 0 Å². The molecule has 0 radical (unpaired) electrons. The summed E-state index contributed by atoms with van der Waals surface area (Å²) in [5.41, 5.74) is 0. The van der Waals surface area contributed by atoms with Crippen molar-refractivity contribution in [3.05, 3.63) is 0 Å². The molecule has 1 atom stereocenters. The number of alkyl halides is 3. The van der Waals surface area contributed by atoms with Gasteiger partial charge in [0.1, 0.15) is 0 Å². The van der Waals surface area contributed by atoms with Crippen LogP contribution in [0.5, 0.6) is 0 Å². The van der Waals surface area contributed by atoms with E-state index in [0.717, 1.165) is 0 Å². The Morgan fingerprint density at radius 1 is 1.38 bits per heavy atom. The molecule has 5 heteroatoms. The molecule has 0 unspecified atom stereocenters. The summed E-state index contributed by atoms with van der Waals surface area (Å²) < 4.78 is 40.7. The number of methoxy groups -OCH3 is 1. The average Bonchev–Trinajstić information content (AvgIpc) is 1.98. The van der Waals surface area contributed by atoms with Gasteiger partial charge in [-0.2, -0.15) is 13.2 Å². The zero-order valence-electron chi connectivity index (χ0n) is 7.95. The smallest absolute Gasteiger partial charge is 0.385 e. The number of rotatable bonds is 6. The molecule has 0 aromatic rings. The van der Waals surface area contributed by atoms with Crippen LogP contribution in [0.1, 0.15) is 12.8 Å². The van der Waals surface area contributed by atoms with E-state index in [1.54, 1.807) is 7.05 Å². The van der Waals surface area contributed by atoms with Gasteiger partial charge >= 0.3 is 6.18 Å². The number of halogens is 3. The molecule has 0 fully saturated rings. The second kappa shape index (κ2) is 6.21. The van der Waals surface area contributed by atoms with Crippen LogP contribution in [0.25, 0.3) is 0 Å². The van der Waals surface area contributed by atoms with Crippen LogP contribution in [0.15, 0.2) is 0 Å². The van der Waals surface area contributed by atoms with E-state index in [-0.39, 0.29) is 5.92 Å². The van der Waals surface area contributed by atoms with Gasteiger partial charge in [-0.3, -0.25) is 0 Å². The molecular weight excluding hydrogens is 183 g/mol. The van der Waals surface area contributed by atoms with Crippen LogP contribution in [0, 0.1) is 5.92 Å². The van der Waals surface area contributed by atoms with Crippen LogP contribution >= 0.6 is 0 Å². The summed E-state index contributed by atoms with van der Waals surface area (Å²) in [4.78, 5) is 0. The summed E-state index contributed by atoms with van der Waals surface area (Å²) in [6, 6.07) is 0. The molecule has 0 saturated heterocycles. The van der Waals surface area contributed by atoms with E-state index in [2.05, 4.69) is 5.32 Å². The minimum atomic E-state index is -4.07. The maximum atomic E-state index is 12.0. The van der Waals surface area contributed by atoms with E-state index in [0.29, 0.717) is 19.6 Å². The molecule has 0 amide bonds. The third kappa shape index (κ3) is 8.05. The Kier molecular flexibility index (Phi) is 6.07. The van der Waals surface area contributed by atoms with Gasteiger partial charge in [-0.15, -0.1) is 0 Å².